The molecule has 0 saturated heterocycles. The van der Waals surface area contributed by atoms with Crippen molar-refractivity contribution in [3.8, 4) is 0 Å². The highest BCUT2D eigenvalue weighted by Gasteiger charge is 2.21. The monoisotopic (exact) mass is 256 g/mol. The van der Waals surface area contributed by atoms with Crippen LogP contribution >= 0.6 is 0 Å². The average molecular weight is 256 g/mol. The maximum absolute atomic E-state index is 4.47. The maximum Gasteiger partial charge on any atom is 0.0705 e. The van der Waals surface area contributed by atoms with E-state index in [1.54, 1.807) is 0 Å². The molecule has 0 aliphatic heterocycles. The summed E-state index contributed by atoms with van der Waals surface area (Å²) in [4.78, 5) is 4.47. The van der Waals surface area contributed by atoms with Crippen molar-refractivity contribution in [2.75, 3.05) is 6.54 Å². The van der Waals surface area contributed by atoms with Gasteiger partial charge in [0.25, 0.3) is 0 Å². The molecule has 0 aliphatic rings. The van der Waals surface area contributed by atoms with Crippen LogP contribution in [0.15, 0.2) is 36.5 Å². The summed E-state index contributed by atoms with van der Waals surface area (Å²) in [5, 5.41) is 4.95. The number of nitrogens with one attached hydrogen (secondary N) is 1. The largest absolute Gasteiger partial charge is 0.310 e. The number of benzene rings is 1. The summed E-state index contributed by atoms with van der Waals surface area (Å²) >= 11 is 0. The predicted molar refractivity (Wildman–Crippen MR) is 82.2 cm³/mol. The molecule has 19 heavy (non-hydrogen) atoms. The summed E-state index contributed by atoms with van der Waals surface area (Å²) in [5.41, 5.74) is 2.48. The maximum atomic E-state index is 4.47. The Morgan fingerprint density at radius 2 is 1.79 bits per heavy atom. The van der Waals surface area contributed by atoms with Gasteiger partial charge >= 0.3 is 0 Å². The lowest BCUT2D eigenvalue weighted by atomic mass is 9.87. The van der Waals surface area contributed by atoms with Gasteiger partial charge in [0.05, 0.1) is 5.52 Å². The number of hydrogen-bond acceptors (Lipinski definition) is 2. The molecule has 0 fully saturated rings. The van der Waals surface area contributed by atoms with E-state index in [0.717, 1.165) is 12.1 Å². The topological polar surface area (TPSA) is 24.9 Å². The highest BCUT2D eigenvalue weighted by atomic mass is 14.9. The van der Waals surface area contributed by atoms with Crippen LogP contribution in [0, 0.1) is 5.92 Å². The zero-order chi connectivity index (χ0) is 13.7. The summed E-state index contributed by atoms with van der Waals surface area (Å²) < 4.78 is 0. The minimum absolute atomic E-state index is 0.424. The normalized spacial score (nSPS) is 13.1. The molecule has 1 N–H and O–H groups in total. The van der Waals surface area contributed by atoms with Crippen LogP contribution in [0.4, 0.5) is 0 Å². The van der Waals surface area contributed by atoms with Crippen molar-refractivity contribution in [1.82, 2.24) is 10.3 Å². The average Bonchev–Trinajstić information content (AvgIpc) is 2.47. The van der Waals surface area contributed by atoms with Gasteiger partial charge in [-0.05, 0) is 30.2 Å². The minimum Gasteiger partial charge on any atom is -0.310 e. The molecule has 0 aliphatic carbocycles. The molecule has 1 aromatic heterocycles. The first-order valence-corrected chi connectivity index (χ1v) is 7.38. The molecule has 1 heterocycles. The van der Waals surface area contributed by atoms with Crippen molar-refractivity contribution in [1.29, 1.82) is 0 Å². The summed E-state index contributed by atoms with van der Waals surface area (Å²) in [6, 6.07) is 11.0. The molecule has 0 radical (unpaired) electrons. The molecular weight excluding hydrogens is 232 g/mol. The number of aromatic nitrogens is 1. The van der Waals surface area contributed by atoms with Gasteiger partial charge in [-0.25, -0.2) is 0 Å². The molecule has 0 amide bonds. The zero-order valence-electron chi connectivity index (χ0n) is 12.2. The number of fused-ring (bicyclic) bond motifs is 1. The smallest absolute Gasteiger partial charge is 0.0705 e. The van der Waals surface area contributed by atoms with Crippen LogP contribution in [0.3, 0.4) is 0 Å². The molecule has 0 spiro atoms. The van der Waals surface area contributed by atoms with Gasteiger partial charge in [0, 0.05) is 17.6 Å². The summed E-state index contributed by atoms with van der Waals surface area (Å²) in [7, 11) is 0. The number of hydrogen-bond donors (Lipinski definition) is 1. The van der Waals surface area contributed by atoms with E-state index in [9.17, 15) is 0 Å². The van der Waals surface area contributed by atoms with Gasteiger partial charge < -0.3 is 5.32 Å². The molecule has 0 saturated carbocycles. The van der Waals surface area contributed by atoms with E-state index in [4.69, 9.17) is 0 Å². The van der Waals surface area contributed by atoms with Gasteiger partial charge in [0.1, 0.15) is 0 Å². The molecular formula is C17H24N2. The van der Waals surface area contributed by atoms with Crippen LogP contribution in [0.1, 0.15) is 45.2 Å². The minimum atomic E-state index is 0.424. The van der Waals surface area contributed by atoms with E-state index in [1.807, 2.05) is 6.20 Å². The molecule has 1 aromatic carbocycles. The lowest BCUT2D eigenvalue weighted by Gasteiger charge is -2.27. The summed E-state index contributed by atoms with van der Waals surface area (Å²) in [6.45, 7) is 7.74. The Morgan fingerprint density at radius 3 is 2.47 bits per heavy atom. The van der Waals surface area contributed by atoms with E-state index in [1.165, 1.54) is 23.8 Å². The van der Waals surface area contributed by atoms with E-state index in [0.29, 0.717) is 12.0 Å². The van der Waals surface area contributed by atoms with Crippen molar-refractivity contribution in [3.63, 3.8) is 0 Å². The number of rotatable bonds is 6. The Kier molecular flexibility index (Phi) is 4.92. The van der Waals surface area contributed by atoms with Crippen molar-refractivity contribution >= 4 is 10.9 Å². The van der Waals surface area contributed by atoms with Gasteiger partial charge in [-0.3, -0.25) is 4.98 Å². The van der Waals surface area contributed by atoms with E-state index in [-0.39, 0.29) is 0 Å². The molecule has 2 rings (SSSR count). The van der Waals surface area contributed by atoms with Crippen LogP contribution in [0.2, 0.25) is 0 Å². The van der Waals surface area contributed by atoms with E-state index < -0.39 is 0 Å². The van der Waals surface area contributed by atoms with Crippen LogP contribution in [-0.4, -0.2) is 11.5 Å². The van der Waals surface area contributed by atoms with Gasteiger partial charge in [-0.15, -0.1) is 0 Å². The SMILES string of the molecule is CCNC(c1ccnc2ccccc12)C(CC)CC. The molecule has 2 nitrogen and oxygen atoms in total. The molecule has 0 bridgehead atoms. The molecule has 1 atom stereocenters. The lowest BCUT2D eigenvalue weighted by Crippen LogP contribution is -2.28. The van der Waals surface area contributed by atoms with E-state index in [2.05, 4.69) is 61.4 Å². The van der Waals surface area contributed by atoms with Crippen molar-refractivity contribution in [2.24, 2.45) is 5.92 Å². The van der Waals surface area contributed by atoms with Crippen LogP contribution < -0.4 is 5.32 Å². The first-order chi connectivity index (χ1) is 9.31. The van der Waals surface area contributed by atoms with Gasteiger partial charge in [-0.1, -0.05) is 51.8 Å². The Hall–Kier alpha value is -1.41. The second-order valence-corrected chi connectivity index (χ2v) is 5.03. The second kappa shape index (κ2) is 6.67. The first-order valence-electron chi connectivity index (χ1n) is 7.38. The zero-order valence-corrected chi connectivity index (χ0v) is 12.2. The van der Waals surface area contributed by atoms with Gasteiger partial charge in [0.2, 0.25) is 0 Å². The molecule has 2 heteroatoms. The van der Waals surface area contributed by atoms with E-state index >= 15 is 0 Å². The fourth-order valence-corrected chi connectivity index (χ4v) is 2.90. The number of para-hydroxylation sites is 1. The van der Waals surface area contributed by atoms with Crippen molar-refractivity contribution < 1.29 is 0 Å². The standard InChI is InChI=1S/C17H24N2/c1-4-13(5-2)17(18-6-3)15-11-12-19-16-10-8-7-9-14(15)16/h7-13,17-18H,4-6H2,1-3H3. The van der Waals surface area contributed by atoms with Gasteiger partial charge in [0.15, 0.2) is 0 Å². The van der Waals surface area contributed by atoms with Crippen LogP contribution in [0.25, 0.3) is 10.9 Å². The summed E-state index contributed by atoms with van der Waals surface area (Å²) in [5.74, 6) is 0.672. The van der Waals surface area contributed by atoms with Crippen molar-refractivity contribution in [2.45, 2.75) is 39.7 Å². The highest BCUT2D eigenvalue weighted by Crippen LogP contribution is 2.31. The van der Waals surface area contributed by atoms with Crippen LogP contribution in [-0.2, 0) is 0 Å². The quantitative estimate of drug-likeness (QED) is 0.832. The first kappa shape index (κ1) is 14.0. The number of nitrogens with zero attached hydrogens (tertiary/aromatic N) is 1. The Morgan fingerprint density at radius 1 is 1.05 bits per heavy atom. The fraction of sp³-hybridized carbons (Fsp3) is 0.471. The van der Waals surface area contributed by atoms with Crippen LogP contribution in [0.5, 0.6) is 0 Å². The number of pyridine rings is 1. The molecule has 2 aromatic rings. The third kappa shape index (κ3) is 2.95. The fourth-order valence-electron chi connectivity index (χ4n) is 2.90. The predicted octanol–water partition coefficient (Wildman–Crippen LogP) is 4.32. The van der Waals surface area contributed by atoms with Crippen molar-refractivity contribution in [3.05, 3.63) is 42.1 Å². The Labute approximate surface area is 116 Å². The van der Waals surface area contributed by atoms with Gasteiger partial charge in [-0.2, -0.15) is 0 Å². The third-order valence-electron chi connectivity index (χ3n) is 3.96. The molecule has 1 unspecified atom stereocenters. The third-order valence-corrected chi connectivity index (χ3v) is 3.96. The highest BCUT2D eigenvalue weighted by molar-refractivity contribution is 5.82. The lowest BCUT2D eigenvalue weighted by molar-refractivity contribution is 0.348. The summed E-state index contributed by atoms with van der Waals surface area (Å²) in [6.07, 6.45) is 4.33. The Balaban J connectivity index is 2.49. The molecule has 102 valence electrons. The second-order valence-electron chi connectivity index (χ2n) is 5.03. The Bertz CT molecular complexity index is 512.